The molecule has 0 aliphatic carbocycles. The number of fused-ring (bicyclic) bond motifs is 1. The summed E-state index contributed by atoms with van der Waals surface area (Å²) in [4.78, 5) is 5.49. The van der Waals surface area contributed by atoms with Crippen molar-refractivity contribution in [1.29, 1.82) is 0 Å². The van der Waals surface area contributed by atoms with E-state index >= 15 is 0 Å². The summed E-state index contributed by atoms with van der Waals surface area (Å²) < 4.78 is 57.3. The van der Waals surface area contributed by atoms with Crippen LogP contribution in [0.15, 0.2) is 138 Å². The fraction of sp³-hybridized carbons (Fsp3) is 0.316. The van der Waals surface area contributed by atoms with E-state index in [2.05, 4.69) is 199 Å². The Morgan fingerprint density at radius 2 is 0.908 bits per heavy atom. The van der Waals surface area contributed by atoms with Crippen LogP contribution >= 0.6 is 0 Å². The second-order valence-electron chi connectivity index (χ2n) is 21.7. The molecule has 4 nitrogen and oxygen atoms in total. The van der Waals surface area contributed by atoms with Gasteiger partial charge in [0.15, 0.2) is 0 Å². The van der Waals surface area contributed by atoms with Gasteiger partial charge >= 0.3 is 13.4 Å². The third-order valence-electron chi connectivity index (χ3n) is 12.7. The molecule has 0 saturated heterocycles. The SMILES string of the molecule is C/C(=C1/N=C(c2ccc(C(C)(C)C)cc2)C=C1c1ccc(C(C)(C)C)cc1)c1c(-c2ccc(C(C)(C)C)cc2)cc(-c2ccc(C(C)(C)C)cc2)n1B1Oc2ccc(C(F)(F)F)cc2O1. The van der Waals surface area contributed by atoms with Crippen LogP contribution in [0.2, 0.25) is 0 Å². The summed E-state index contributed by atoms with van der Waals surface area (Å²) in [6.07, 6.45) is -2.38. The van der Waals surface area contributed by atoms with Crippen molar-refractivity contribution >= 4 is 24.1 Å². The highest BCUT2D eigenvalue weighted by Gasteiger charge is 2.43. The third kappa shape index (κ3) is 9.14. The number of benzene rings is 5. The second-order valence-corrected chi connectivity index (χ2v) is 21.7. The van der Waals surface area contributed by atoms with Crippen molar-refractivity contribution in [3.05, 3.63) is 178 Å². The van der Waals surface area contributed by atoms with E-state index in [9.17, 15) is 13.2 Å². The van der Waals surface area contributed by atoms with E-state index in [1.165, 1.54) is 28.3 Å². The van der Waals surface area contributed by atoms with Gasteiger partial charge in [0, 0.05) is 28.1 Å². The maximum absolute atomic E-state index is 14.1. The van der Waals surface area contributed by atoms with Crippen molar-refractivity contribution in [2.24, 2.45) is 4.99 Å². The van der Waals surface area contributed by atoms with Gasteiger partial charge in [0.2, 0.25) is 0 Å². The molecule has 8 heteroatoms. The van der Waals surface area contributed by atoms with Crippen molar-refractivity contribution in [2.45, 2.75) is 118 Å². The van der Waals surface area contributed by atoms with Gasteiger partial charge in [0.25, 0.3) is 0 Å². The number of halogens is 3. The van der Waals surface area contributed by atoms with E-state index in [1.807, 2.05) is 4.48 Å². The Balaban J connectivity index is 1.41. The zero-order valence-electron chi connectivity index (χ0n) is 40.0. The van der Waals surface area contributed by atoms with Crippen molar-refractivity contribution < 1.29 is 22.5 Å². The third-order valence-corrected chi connectivity index (χ3v) is 12.7. The molecule has 0 radical (unpaired) electrons. The summed E-state index contributed by atoms with van der Waals surface area (Å²) in [6.45, 7) is 28.5. The maximum atomic E-state index is 14.1. The lowest BCUT2D eigenvalue weighted by Crippen LogP contribution is -2.36. The van der Waals surface area contributed by atoms with Gasteiger partial charge in [-0.2, -0.15) is 13.2 Å². The first-order valence-electron chi connectivity index (χ1n) is 22.5. The number of rotatable bonds is 6. The Labute approximate surface area is 384 Å². The first-order valence-corrected chi connectivity index (χ1v) is 22.5. The number of hydrogen-bond donors (Lipinski definition) is 0. The number of nitrogens with zero attached hydrogens (tertiary/aromatic N) is 2. The van der Waals surface area contributed by atoms with E-state index in [4.69, 9.17) is 14.3 Å². The van der Waals surface area contributed by atoms with Crippen LogP contribution in [0.1, 0.15) is 135 Å². The van der Waals surface area contributed by atoms with Crippen molar-refractivity contribution in [3.8, 4) is 33.9 Å². The molecular weight excluding hydrogens is 812 g/mol. The Kier molecular flexibility index (Phi) is 11.3. The molecule has 334 valence electrons. The molecule has 8 rings (SSSR count). The number of alkyl halides is 3. The van der Waals surface area contributed by atoms with Crippen LogP contribution in [0.4, 0.5) is 13.2 Å². The van der Waals surface area contributed by atoms with Crippen LogP contribution in [0.25, 0.3) is 33.5 Å². The van der Waals surface area contributed by atoms with Gasteiger partial charge in [-0.1, -0.05) is 180 Å². The molecule has 3 heterocycles. The number of aromatic nitrogens is 1. The lowest BCUT2D eigenvalue weighted by Gasteiger charge is -2.21. The molecule has 5 aromatic carbocycles. The first-order chi connectivity index (χ1) is 30.3. The summed E-state index contributed by atoms with van der Waals surface area (Å²) in [5.74, 6) is 0.261. The smallest absolute Gasteiger partial charge is 0.503 e. The fourth-order valence-corrected chi connectivity index (χ4v) is 8.56. The molecule has 0 N–H and O–H groups in total. The predicted octanol–water partition coefficient (Wildman–Crippen LogP) is 15.7. The Morgan fingerprint density at radius 3 is 1.37 bits per heavy atom. The van der Waals surface area contributed by atoms with Crippen LogP contribution < -0.4 is 9.31 Å². The lowest BCUT2D eigenvalue weighted by atomic mass is 9.85. The molecule has 0 spiro atoms. The average molecular weight is 873 g/mol. The van der Waals surface area contributed by atoms with Gasteiger partial charge in [0.1, 0.15) is 11.5 Å². The van der Waals surface area contributed by atoms with Crippen molar-refractivity contribution in [3.63, 3.8) is 0 Å². The summed E-state index contributed by atoms with van der Waals surface area (Å²) >= 11 is 0. The molecule has 0 bridgehead atoms. The van der Waals surface area contributed by atoms with Gasteiger partial charge < -0.3 is 13.8 Å². The Hall–Kier alpha value is -6.02. The predicted molar refractivity (Wildman–Crippen MR) is 264 cm³/mol. The molecule has 0 atom stereocenters. The van der Waals surface area contributed by atoms with Gasteiger partial charge in [-0.25, -0.2) is 4.99 Å². The standard InChI is InChI=1S/C57H60BF3N2O2/c1-35(51-45(36-14-22-40(23-15-36)53(2,3)4)33-47(62-51)38-18-26-42(27-19-38)55(8,9)10)52-46(37-16-24-41(25-17-37)54(5,6)7)34-48(39-20-28-43(29-21-39)56(11,12)13)63(52)58-64-49-31-30-44(57(59,60)61)32-50(49)65-58/h14-34H,1-13H3/b51-35-. The zero-order chi connectivity index (χ0) is 47.0. The molecule has 0 amide bonds. The molecule has 0 saturated carbocycles. The second kappa shape index (κ2) is 16.1. The zero-order valence-corrected chi connectivity index (χ0v) is 40.0. The molecule has 2 aliphatic rings. The first kappa shape index (κ1) is 45.5. The van der Waals surface area contributed by atoms with Crippen LogP contribution in [0.5, 0.6) is 11.5 Å². The molecule has 65 heavy (non-hydrogen) atoms. The van der Waals surface area contributed by atoms with E-state index in [0.717, 1.165) is 73.9 Å². The topological polar surface area (TPSA) is 35.8 Å². The monoisotopic (exact) mass is 872 g/mol. The fourth-order valence-electron chi connectivity index (χ4n) is 8.56. The molecular formula is C57H60BF3N2O2. The summed E-state index contributed by atoms with van der Waals surface area (Å²) in [5.41, 5.74) is 13.6. The average Bonchev–Trinajstić information content (AvgIpc) is 3.98. The van der Waals surface area contributed by atoms with E-state index in [1.54, 1.807) is 0 Å². The van der Waals surface area contributed by atoms with E-state index < -0.39 is 19.0 Å². The maximum Gasteiger partial charge on any atom is 0.743 e. The summed E-state index contributed by atoms with van der Waals surface area (Å²) in [7, 11) is -1.15. The van der Waals surface area contributed by atoms with Gasteiger partial charge in [-0.3, -0.25) is 0 Å². The van der Waals surface area contributed by atoms with E-state index in [0.29, 0.717) is 0 Å². The molecule has 6 aromatic rings. The minimum atomic E-state index is -4.55. The minimum Gasteiger partial charge on any atom is -0.503 e. The van der Waals surface area contributed by atoms with Gasteiger partial charge in [-0.15, -0.1) is 0 Å². The highest BCUT2D eigenvalue weighted by atomic mass is 19.4. The van der Waals surface area contributed by atoms with Crippen LogP contribution in [0.3, 0.4) is 0 Å². The number of aliphatic imine (C=N–C) groups is 1. The van der Waals surface area contributed by atoms with Crippen LogP contribution in [-0.2, 0) is 27.8 Å². The molecule has 0 unspecified atom stereocenters. The summed E-state index contributed by atoms with van der Waals surface area (Å²) in [5, 5.41) is 0. The van der Waals surface area contributed by atoms with Gasteiger partial charge in [-0.05, 0) is 103 Å². The Bertz CT molecular complexity index is 2850. The van der Waals surface area contributed by atoms with Crippen molar-refractivity contribution in [2.75, 3.05) is 0 Å². The van der Waals surface area contributed by atoms with Crippen molar-refractivity contribution in [1.82, 2.24) is 4.48 Å². The highest BCUT2D eigenvalue weighted by Crippen LogP contribution is 2.46. The largest absolute Gasteiger partial charge is 0.743 e. The highest BCUT2D eigenvalue weighted by molar-refractivity contribution is 6.47. The molecule has 0 fully saturated rings. The lowest BCUT2D eigenvalue weighted by molar-refractivity contribution is -0.137. The van der Waals surface area contributed by atoms with Crippen LogP contribution in [-0.4, -0.2) is 17.4 Å². The van der Waals surface area contributed by atoms with Gasteiger partial charge in [0.05, 0.1) is 17.0 Å². The quantitative estimate of drug-likeness (QED) is 0.156. The molecule has 2 aliphatic heterocycles. The summed E-state index contributed by atoms with van der Waals surface area (Å²) in [6, 6.07) is 40.0. The van der Waals surface area contributed by atoms with E-state index in [-0.39, 0.29) is 33.2 Å². The van der Waals surface area contributed by atoms with Crippen LogP contribution in [0, 0.1) is 0 Å². The normalized spacial score (nSPS) is 15.4. The number of allylic oxidation sites excluding steroid dienone is 3. The minimum absolute atomic E-state index is 0.0104. The Morgan fingerprint density at radius 1 is 0.492 bits per heavy atom. The number of hydrogen-bond acceptors (Lipinski definition) is 3. The molecule has 1 aromatic heterocycles.